The Morgan fingerprint density at radius 2 is 1.93 bits per heavy atom. The molecule has 1 aromatic heterocycles. The lowest BCUT2D eigenvalue weighted by atomic mass is 9.72. The maximum Gasteiger partial charge on any atom is 0.233 e. The number of aromatic nitrogens is 1. The first-order valence-electron chi connectivity index (χ1n) is 9.66. The van der Waals surface area contributed by atoms with Crippen LogP contribution < -0.4 is 5.32 Å². The van der Waals surface area contributed by atoms with Crippen molar-refractivity contribution < 1.29 is 14.4 Å². The van der Waals surface area contributed by atoms with Crippen LogP contribution in [0.2, 0.25) is 10.0 Å². The number of hydrogen-bond donors (Lipinski definition) is 2. The average Bonchev–Trinajstić information content (AvgIpc) is 3.07. The van der Waals surface area contributed by atoms with Crippen molar-refractivity contribution >= 4 is 34.9 Å². The first-order chi connectivity index (χ1) is 14.4. The first-order valence-corrected chi connectivity index (χ1v) is 10.4. The molecule has 152 valence electrons. The van der Waals surface area contributed by atoms with E-state index in [2.05, 4.69) is 10.5 Å². The van der Waals surface area contributed by atoms with Crippen LogP contribution >= 0.6 is 23.2 Å². The van der Waals surface area contributed by atoms with Crippen LogP contribution in [0.3, 0.4) is 0 Å². The maximum absolute atomic E-state index is 13.4. The number of hydrogen-bond acceptors (Lipinski definition) is 5. The molecule has 0 saturated carbocycles. The minimum atomic E-state index is -0.384. The van der Waals surface area contributed by atoms with Crippen molar-refractivity contribution in [2.75, 3.05) is 5.32 Å². The Morgan fingerprint density at radius 3 is 2.70 bits per heavy atom. The molecule has 0 bridgehead atoms. The Balaban J connectivity index is 1.66. The van der Waals surface area contributed by atoms with E-state index in [-0.39, 0.29) is 23.4 Å². The molecule has 2 N–H and O–H groups in total. The van der Waals surface area contributed by atoms with E-state index in [1.54, 1.807) is 24.3 Å². The fourth-order valence-corrected chi connectivity index (χ4v) is 5.09. The van der Waals surface area contributed by atoms with Gasteiger partial charge in [-0.05, 0) is 42.7 Å². The number of rotatable bonds is 2. The molecule has 0 amide bonds. The molecule has 0 saturated heterocycles. The lowest BCUT2D eigenvalue weighted by Crippen LogP contribution is -2.29. The third kappa shape index (κ3) is 3.01. The van der Waals surface area contributed by atoms with Crippen LogP contribution in [0.4, 0.5) is 5.88 Å². The van der Waals surface area contributed by atoms with E-state index < -0.39 is 0 Å². The number of allylic oxidation sites excluding steroid dienone is 2. The largest absolute Gasteiger partial charge is 0.508 e. The zero-order chi connectivity index (χ0) is 21.0. The highest BCUT2D eigenvalue weighted by molar-refractivity contribution is 6.35. The van der Waals surface area contributed by atoms with Crippen molar-refractivity contribution in [1.82, 2.24) is 5.16 Å². The van der Waals surface area contributed by atoms with Gasteiger partial charge in [0.2, 0.25) is 5.88 Å². The van der Waals surface area contributed by atoms with E-state index >= 15 is 0 Å². The predicted molar refractivity (Wildman–Crippen MR) is 115 cm³/mol. The fourth-order valence-electron chi connectivity index (χ4n) is 4.57. The van der Waals surface area contributed by atoms with Crippen molar-refractivity contribution in [1.29, 1.82) is 0 Å². The summed E-state index contributed by atoms with van der Waals surface area (Å²) in [5.41, 5.74) is 4.52. The number of nitrogens with one attached hydrogen (secondary N) is 1. The van der Waals surface area contributed by atoms with E-state index in [4.69, 9.17) is 27.7 Å². The zero-order valence-electron chi connectivity index (χ0n) is 16.1. The van der Waals surface area contributed by atoms with Gasteiger partial charge in [-0.15, -0.1) is 0 Å². The molecule has 5 rings (SSSR count). The van der Waals surface area contributed by atoms with Crippen molar-refractivity contribution in [3.63, 3.8) is 0 Å². The van der Waals surface area contributed by atoms with E-state index in [1.165, 1.54) is 0 Å². The summed E-state index contributed by atoms with van der Waals surface area (Å²) in [6, 6.07) is 12.4. The van der Waals surface area contributed by atoms with Crippen molar-refractivity contribution in [2.24, 2.45) is 0 Å². The molecule has 0 unspecified atom stereocenters. The number of phenols is 1. The van der Waals surface area contributed by atoms with E-state index in [0.29, 0.717) is 40.0 Å². The van der Waals surface area contributed by atoms with Gasteiger partial charge < -0.3 is 14.9 Å². The highest BCUT2D eigenvalue weighted by Gasteiger charge is 2.42. The van der Waals surface area contributed by atoms with Gasteiger partial charge >= 0.3 is 0 Å². The number of nitrogens with zero attached hydrogens (tertiary/aromatic N) is 1. The predicted octanol–water partition coefficient (Wildman–Crippen LogP) is 5.95. The first kappa shape index (κ1) is 19.2. The third-order valence-electron chi connectivity index (χ3n) is 5.91. The number of benzene rings is 2. The van der Waals surface area contributed by atoms with Gasteiger partial charge in [0.1, 0.15) is 5.75 Å². The van der Waals surface area contributed by atoms with Gasteiger partial charge in [-0.3, -0.25) is 4.79 Å². The molecular formula is C23H18Cl2N2O3. The van der Waals surface area contributed by atoms with Crippen LogP contribution in [0, 0.1) is 6.92 Å². The Bertz CT molecular complexity index is 1210. The van der Waals surface area contributed by atoms with Gasteiger partial charge in [0.15, 0.2) is 5.78 Å². The molecule has 7 heteroatoms. The number of ketones is 1. The summed E-state index contributed by atoms with van der Waals surface area (Å²) in [5, 5.41) is 18.7. The van der Waals surface area contributed by atoms with Crippen LogP contribution in [0.15, 0.2) is 58.3 Å². The molecular weight excluding hydrogens is 423 g/mol. The molecule has 0 radical (unpaired) electrons. The lowest BCUT2D eigenvalue weighted by molar-refractivity contribution is -0.116. The molecule has 5 nitrogen and oxygen atoms in total. The van der Waals surface area contributed by atoms with Crippen LogP contribution in [0.25, 0.3) is 0 Å². The topological polar surface area (TPSA) is 75.4 Å². The summed E-state index contributed by atoms with van der Waals surface area (Å²) in [6.45, 7) is 1.85. The van der Waals surface area contributed by atoms with Crippen molar-refractivity contribution in [2.45, 2.75) is 31.6 Å². The van der Waals surface area contributed by atoms with Crippen LogP contribution in [0.5, 0.6) is 5.75 Å². The van der Waals surface area contributed by atoms with Gasteiger partial charge in [0, 0.05) is 39.6 Å². The number of aryl methyl sites for hydroxylation is 1. The molecule has 2 atom stereocenters. The SMILES string of the molecule is Cc1noc2c1[C@@H](c1ccc(Cl)cc1Cl)C1=C(C[C@@H](c3ccccc3O)CC1=O)N2. The number of carbonyl (C=O) groups excluding carboxylic acids is 1. The minimum absolute atomic E-state index is 0.0132. The van der Waals surface area contributed by atoms with E-state index in [1.807, 2.05) is 25.1 Å². The number of para-hydroxylation sites is 1. The average molecular weight is 441 g/mol. The van der Waals surface area contributed by atoms with Gasteiger partial charge in [-0.25, -0.2) is 0 Å². The van der Waals surface area contributed by atoms with Gasteiger partial charge in [-0.2, -0.15) is 0 Å². The quantitative estimate of drug-likeness (QED) is 0.514. The molecule has 0 fully saturated rings. The number of phenolic OH excluding ortho intramolecular Hbond substituents is 1. The van der Waals surface area contributed by atoms with E-state index in [0.717, 1.165) is 22.4 Å². The van der Waals surface area contributed by atoms with Gasteiger partial charge in [0.25, 0.3) is 0 Å². The summed E-state index contributed by atoms with van der Waals surface area (Å²) in [4.78, 5) is 13.4. The molecule has 2 aromatic carbocycles. The molecule has 1 aliphatic heterocycles. The Hall–Kier alpha value is -2.76. The number of fused-ring (bicyclic) bond motifs is 1. The third-order valence-corrected chi connectivity index (χ3v) is 6.47. The molecule has 3 aromatic rings. The van der Waals surface area contributed by atoms with E-state index in [9.17, 15) is 9.90 Å². The van der Waals surface area contributed by atoms with Crippen LogP contribution in [-0.2, 0) is 4.79 Å². The normalized spacial score (nSPS) is 20.6. The Kier molecular flexibility index (Phi) is 4.60. The minimum Gasteiger partial charge on any atom is -0.508 e. The maximum atomic E-state index is 13.4. The fraction of sp³-hybridized carbons (Fsp3) is 0.217. The molecule has 30 heavy (non-hydrogen) atoms. The highest BCUT2D eigenvalue weighted by Crippen LogP contribution is 2.51. The molecule has 1 aliphatic carbocycles. The lowest BCUT2D eigenvalue weighted by Gasteiger charge is -2.34. The monoisotopic (exact) mass is 440 g/mol. The zero-order valence-corrected chi connectivity index (χ0v) is 17.6. The number of halogens is 2. The summed E-state index contributed by atoms with van der Waals surface area (Å²) in [5.74, 6) is 0.220. The summed E-state index contributed by atoms with van der Waals surface area (Å²) >= 11 is 12.7. The Morgan fingerprint density at radius 1 is 1.13 bits per heavy atom. The summed E-state index contributed by atoms with van der Waals surface area (Å²) in [6.07, 6.45) is 0.874. The number of Topliss-reactive ketones (excluding diaryl/α,β-unsaturated/α-hetero) is 1. The standard InChI is InChI=1S/C23H18Cl2N2O3/c1-11-20-21(15-7-6-13(24)10-16(15)25)22-17(26-23(20)30-27-11)8-12(9-19(22)29)14-4-2-3-5-18(14)28/h2-7,10,12,21,26,28H,8-9H2,1H3/t12-,21-/m1/s1. The highest BCUT2D eigenvalue weighted by atomic mass is 35.5. The number of anilines is 1. The van der Waals surface area contributed by atoms with Crippen LogP contribution in [-0.4, -0.2) is 16.0 Å². The second-order valence-electron chi connectivity index (χ2n) is 7.71. The second kappa shape index (κ2) is 7.18. The van der Waals surface area contributed by atoms with Gasteiger partial charge in [-0.1, -0.05) is 52.6 Å². The van der Waals surface area contributed by atoms with Gasteiger partial charge in [0.05, 0.1) is 11.3 Å². The second-order valence-corrected chi connectivity index (χ2v) is 8.56. The summed E-state index contributed by atoms with van der Waals surface area (Å²) in [7, 11) is 0. The van der Waals surface area contributed by atoms with Crippen LogP contribution in [0.1, 0.15) is 47.1 Å². The number of carbonyl (C=O) groups is 1. The molecule has 2 heterocycles. The summed E-state index contributed by atoms with van der Waals surface area (Å²) < 4.78 is 5.53. The van der Waals surface area contributed by atoms with Crippen molar-refractivity contribution in [3.05, 3.63) is 86.2 Å². The number of aromatic hydroxyl groups is 1. The van der Waals surface area contributed by atoms with Crippen molar-refractivity contribution in [3.8, 4) is 5.75 Å². The molecule has 2 aliphatic rings. The smallest absolute Gasteiger partial charge is 0.233 e. The molecule has 0 spiro atoms. The Labute approximate surface area is 183 Å².